The van der Waals surface area contributed by atoms with Crippen LogP contribution in [-0.4, -0.2) is 22.7 Å². The molecule has 1 aromatic heterocycles. The summed E-state index contributed by atoms with van der Waals surface area (Å²) in [5.74, 6) is 0. The fourth-order valence-corrected chi connectivity index (χ4v) is 1.46. The molecule has 14 heavy (non-hydrogen) atoms. The molecule has 1 rings (SSSR count). The number of hydrogen-bond acceptors (Lipinski definition) is 2. The third-order valence-corrected chi connectivity index (χ3v) is 2.24. The molecule has 3 heteroatoms. The highest BCUT2D eigenvalue weighted by molar-refractivity contribution is 4.93. The lowest BCUT2D eigenvalue weighted by molar-refractivity contribution is 0.0582. The molecule has 0 saturated carbocycles. The monoisotopic (exact) mass is 196 g/mol. The highest BCUT2D eigenvalue weighted by atomic mass is 16.5. The van der Waals surface area contributed by atoms with Crippen molar-refractivity contribution in [1.82, 2.24) is 9.97 Å². The van der Waals surface area contributed by atoms with Crippen LogP contribution in [-0.2, 0) is 11.2 Å². The average molecular weight is 196 g/mol. The summed E-state index contributed by atoms with van der Waals surface area (Å²) >= 11 is 0. The highest BCUT2D eigenvalue weighted by Crippen LogP contribution is 2.03. The normalized spacial score (nSPS) is 13.0. The van der Waals surface area contributed by atoms with E-state index < -0.39 is 0 Å². The minimum atomic E-state index is 0.404. The van der Waals surface area contributed by atoms with Crippen LogP contribution in [0.1, 0.15) is 38.8 Å². The quantitative estimate of drug-likeness (QED) is 0.680. The summed E-state index contributed by atoms with van der Waals surface area (Å²) in [7, 11) is 0. The van der Waals surface area contributed by atoms with E-state index in [2.05, 4.69) is 23.8 Å². The molecule has 0 fully saturated rings. The van der Waals surface area contributed by atoms with Gasteiger partial charge in [-0.2, -0.15) is 0 Å². The van der Waals surface area contributed by atoms with Gasteiger partial charge in [-0.15, -0.1) is 0 Å². The first kappa shape index (κ1) is 11.2. The van der Waals surface area contributed by atoms with Crippen LogP contribution in [0.5, 0.6) is 0 Å². The van der Waals surface area contributed by atoms with E-state index in [1.54, 1.807) is 6.33 Å². The van der Waals surface area contributed by atoms with E-state index in [-0.39, 0.29) is 0 Å². The largest absolute Gasteiger partial charge is 0.378 e. The van der Waals surface area contributed by atoms with Crippen molar-refractivity contribution < 1.29 is 4.74 Å². The zero-order valence-corrected chi connectivity index (χ0v) is 9.12. The van der Waals surface area contributed by atoms with Crippen molar-refractivity contribution >= 4 is 0 Å². The lowest BCUT2D eigenvalue weighted by Gasteiger charge is -2.10. The second-order valence-corrected chi connectivity index (χ2v) is 3.65. The van der Waals surface area contributed by atoms with Gasteiger partial charge in [0.05, 0.1) is 12.4 Å². The van der Waals surface area contributed by atoms with E-state index >= 15 is 0 Å². The number of aryl methyl sites for hydroxylation is 1. The maximum atomic E-state index is 5.65. The molecular weight excluding hydrogens is 176 g/mol. The zero-order valence-electron chi connectivity index (χ0n) is 9.12. The minimum Gasteiger partial charge on any atom is -0.378 e. The van der Waals surface area contributed by atoms with Crippen LogP contribution in [0.4, 0.5) is 0 Å². The van der Waals surface area contributed by atoms with Crippen LogP contribution in [0.25, 0.3) is 0 Å². The summed E-state index contributed by atoms with van der Waals surface area (Å²) in [6, 6.07) is 0. The van der Waals surface area contributed by atoms with E-state index in [0.717, 1.165) is 25.9 Å². The van der Waals surface area contributed by atoms with E-state index in [1.165, 1.54) is 12.1 Å². The second kappa shape index (κ2) is 6.60. The molecule has 1 atom stereocenters. The van der Waals surface area contributed by atoms with Crippen LogP contribution < -0.4 is 0 Å². The first-order chi connectivity index (χ1) is 6.83. The lowest BCUT2D eigenvalue weighted by Crippen LogP contribution is -2.09. The molecule has 1 aromatic rings. The number of ether oxygens (including phenoxy) is 1. The summed E-state index contributed by atoms with van der Waals surface area (Å²) in [5.41, 5.74) is 1.19. The van der Waals surface area contributed by atoms with Gasteiger partial charge in [-0.3, -0.25) is 0 Å². The van der Waals surface area contributed by atoms with E-state index in [0.29, 0.717) is 6.10 Å². The van der Waals surface area contributed by atoms with E-state index in [4.69, 9.17) is 4.74 Å². The average Bonchev–Trinajstić information content (AvgIpc) is 2.65. The molecule has 3 nitrogen and oxygen atoms in total. The summed E-state index contributed by atoms with van der Waals surface area (Å²) in [6.45, 7) is 5.17. The summed E-state index contributed by atoms with van der Waals surface area (Å²) < 4.78 is 5.65. The molecule has 0 aromatic carbocycles. The van der Waals surface area contributed by atoms with Crippen LogP contribution >= 0.6 is 0 Å². The summed E-state index contributed by atoms with van der Waals surface area (Å²) in [4.78, 5) is 7.05. The van der Waals surface area contributed by atoms with E-state index in [1.807, 2.05) is 6.20 Å². The predicted molar refractivity (Wildman–Crippen MR) is 57.2 cm³/mol. The number of hydrogen-bond donors (Lipinski definition) is 1. The Morgan fingerprint density at radius 1 is 1.57 bits per heavy atom. The molecule has 1 N–H and O–H groups in total. The molecule has 0 aliphatic carbocycles. The molecule has 1 unspecified atom stereocenters. The molecule has 80 valence electrons. The number of aromatic amines is 1. The molecule has 0 spiro atoms. The van der Waals surface area contributed by atoms with Crippen LogP contribution in [0.15, 0.2) is 12.5 Å². The summed E-state index contributed by atoms with van der Waals surface area (Å²) in [5, 5.41) is 0. The molecule has 0 aliphatic rings. The van der Waals surface area contributed by atoms with Crippen molar-refractivity contribution in [2.24, 2.45) is 0 Å². The van der Waals surface area contributed by atoms with Crippen molar-refractivity contribution in [3.05, 3.63) is 18.2 Å². The Hall–Kier alpha value is -0.830. The van der Waals surface area contributed by atoms with Gasteiger partial charge in [0.1, 0.15) is 0 Å². The van der Waals surface area contributed by atoms with Crippen molar-refractivity contribution in [3.63, 3.8) is 0 Å². The number of imidazole rings is 1. The van der Waals surface area contributed by atoms with Crippen molar-refractivity contribution in [3.8, 4) is 0 Å². The van der Waals surface area contributed by atoms with Crippen molar-refractivity contribution in [2.75, 3.05) is 6.61 Å². The Morgan fingerprint density at radius 2 is 2.43 bits per heavy atom. The van der Waals surface area contributed by atoms with Crippen LogP contribution in [0.3, 0.4) is 0 Å². The number of nitrogens with one attached hydrogen (secondary N) is 1. The first-order valence-electron chi connectivity index (χ1n) is 5.41. The van der Waals surface area contributed by atoms with Gasteiger partial charge in [0.25, 0.3) is 0 Å². The van der Waals surface area contributed by atoms with Gasteiger partial charge < -0.3 is 9.72 Å². The smallest absolute Gasteiger partial charge is 0.0921 e. The van der Waals surface area contributed by atoms with Crippen LogP contribution in [0.2, 0.25) is 0 Å². The Morgan fingerprint density at radius 3 is 3.07 bits per heavy atom. The second-order valence-electron chi connectivity index (χ2n) is 3.65. The highest BCUT2D eigenvalue weighted by Gasteiger charge is 2.00. The van der Waals surface area contributed by atoms with Gasteiger partial charge in [0, 0.05) is 18.5 Å². The zero-order chi connectivity index (χ0) is 10.2. The van der Waals surface area contributed by atoms with Crippen molar-refractivity contribution in [1.29, 1.82) is 0 Å². The Balaban J connectivity index is 1.99. The van der Waals surface area contributed by atoms with Gasteiger partial charge in [-0.05, 0) is 26.2 Å². The summed E-state index contributed by atoms with van der Waals surface area (Å²) in [6.07, 6.45) is 8.44. The molecule has 0 bridgehead atoms. The number of rotatable bonds is 7. The number of nitrogens with zero attached hydrogens (tertiary/aromatic N) is 1. The Kier molecular flexibility index (Phi) is 5.30. The fourth-order valence-electron chi connectivity index (χ4n) is 1.46. The van der Waals surface area contributed by atoms with Gasteiger partial charge in [0.2, 0.25) is 0 Å². The fraction of sp³-hybridized carbons (Fsp3) is 0.727. The Labute approximate surface area is 85.9 Å². The molecular formula is C11H20N2O. The van der Waals surface area contributed by atoms with Crippen molar-refractivity contribution in [2.45, 2.75) is 45.6 Å². The van der Waals surface area contributed by atoms with Gasteiger partial charge in [-0.1, -0.05) is 13.3 Å². The Bertz CT molecular complexity index is 221. The lowest BCUT2D eigenvalue weighted by atomic mass is 10.2. The SMILES string of the molecule is CCCC(C)OCCCc1cnc[nH]1. The molecule has 0 amide bonds. The molecule has 0 radical (unpaired) electrons. The molecule has 0 saturated heterocycles. The maximum Gasteiger partial charge on any atom is 0.0921 e. The van der Waals surface area contributed by atoms with Gasteiger partial charge in [-0.25, -0.2) is 4.98 Å². The van der Waals surface area contributed by atoms with Gasteiger partial charge >= 0.3 is 0 Å². The topological polar surface area (TPSA) is 37.9 Å². The molecule has 1 heterocycles. The minimum absolute atomic E-state index is 0.404. The standard InChI is InChI=1S/C11H20N2O/c1-3-5-10(2)14-7-4-6-11-8-12-9-13-11/h8-10H,3-7H2,1-2H3,(H,12,13). The number of aromatic nitrogens is 2. The van der Waals surface area contributed by atoms with Gasteiger partial charge in [0.15, 0.2) is 0 Å². The third kappa shape index (κ3) is 4.42. The third-order valence-electron chi connectivity index (χ3n) is 2.24. The predicted octanol–water partition coefficient (Wildman–Crippen LogP) is 2.55. The number of H-pyrrole nitrogens is 1. The first-order valence-corrected chi connectivity index (χ1v) is 5.41. The molecule has 0 aliphatic heterocycles. The van der Waals surface area contributed by atoms with E-state index in [9.17, 15) is 0 Å². The van der Waals surface area contributed by atoms with Crippen LogP contribution in [0, 0.1) is 0 Å². The maximum absolute atomic E-state index is 5.65.